The van der Waals surface area contributed by atoms with Crippen LogP contribution in [0.5, 0.6) is 5.75 Å². The van der Waals surface area contributed by atoms with Gasteiger partial charge in [0.2, 0.25) is 0 Å². The Hall–Kier alpha value is -1.87. The van der Waals surface area contributed by atoms with E-state index in [1.807, 2.05) is 37.5 Å². The number of hydrogen-bond acceptors (Lipinski definition) is 3. The van der Waals surface area contributed by atoms with Crippen molar-refractivity contribution in [1.82, 2.24) is 10.3 Å². The molecule has 0 spiro atoms. The summed E-state index contributed by atoms with van der Waals surface area (Å²) in [6.07, 6.45) is 1.83. The van der Waals surface area contributed by atoms with Gasteiger partial charge in [0.1, 0.15) is 5.75 Å². The van der Waals surface area contributed by atoms with E-state index in [4.69, 9.17) is 4.74 Å². The molecule has 1 aromatic carbocycles. The SMILES string of the molecule is CNCc1cc(-c2cccc(OC)c2)ccn1. The minimum Gasteiger partial charge on any atom is -0.497 e. The molecule has 0 radical (unpaired) electrons. The van der Waals surface area contributed by atoms with Gasteiger partial charge in [0.15, 0.2) is 0 Å². The predicted octanol–water partition coefficient (Wildman–Crippen LogP) is 2.48. The number of aromatic nitrogens is 1. The third-order valence-electron chi connectivity index (χ3n) is 2.58. The summed E-state index contributed by atoms with van der Waals surface area (Å²) in [6, 6.07) is 12.1. The minimum atomic E-state index is 0.776. The van der Waals surface area contributed by atoms with Crippen molar-refractivity contribution in [3.8, 4) is 16.9 Å². The zero-order chi connectivity index (χ0) is 12.1. The number of ether oxygens (including phenoxy) is 1. The minimum absolute atomic E-state index is 0.776. The molecule has 1 aromatic heterocycles. The summed E-state index contributed by atoms with van der Waals surface area (Å²) >= 11 is 0. The average Bonchev–Trinajstić information content (AvgIpc) is 2.40. The molecule has 3 nitrogen and oxygen atoms in total. The molecule has 0 saturated heterocycles. The van der Waals surface area contributed by atoms with Crippen molar-refractivity contribution < 1.29 is 4.74 Å². The summed E-state index contributed by atoms with van der Waals surface area (Å²) < 4.78 is 5.23. The molecule has 0 bridgehead atoms. The zero-order valence-electron chi connectivity index (χ0n) is 10.1. The average molecular weight is 228 g/mol. The Morgan fingerprint density at radius 2 is 2.00 bits per heavy atom. The highest BCUT2D eigenvalue weighted by atomic mass is 16.5. The Morgan fingerprint density at radius 1 is 1.18 bits per heavy atom. The van der Waals surface area contributed by atoms with Gasteiger partial charge in [-0.1, -0.05) is 12.1 Å². The lowest BCUT2D eigenvalue weighted by molar-refractivity contribution is 0.415. The van der Waals surface area contributed by atoms with E-state index in [1.54, 1.807) is 7.11 Å². The molecule has 88 valence electrons. The number of hydrogen-bond donors (Lipinski definition) is 1. The van der Waals surface area contributed by atoms with Gasteiger partial charge in [-0.3, -0.25) is 4.98 Å². The summed E-state index contributed by atoms with van der Waals surface area (Å²) in [5.74, 6) is 0.870. The Labute approximate surface area is 101 Å². The van der Waals surface area contributed by atoms with Crippen molar-refractivity contribution in [3.05, 3.63) is 48.3 Å². The van der Waals surface area contributed by atoms with Gasteiger partial charge in [-0.15, -0.1) is 0 Å². The van der Waals surface area contributed by atoms with Crippen LogP contribution >= 0.6 is 0 Å². The fraction of sp³-hybridized carbons (Fsp3) is 0.214. The second-order valence-electron chi connectivity index (χ2n) is 3.80. The topological polar surface area (TPSA) is 34.1 Å². The van der Waals surface area contributed by atoms with Crippen LogP contribution in [0.2, 0.25) is 0 Å². The maximum Gasteiger partial charge on any atom is 0.119 e. The first-order valence-electron chi connectivity index (χ1n) is 5.57. The van der Waals surface area contributed by atoms with Crippen molar-refractivity contribution >= 4 is 0 Å². The van der Waals surface area contributed by atoms with E-state index >= 15 is 0 Å². The van der Waals surface area contributed by atoms with Gasteiger partial charge in [-0.05, 0) is 42.4 Å². The molecule has 0 aliphatic rings. The molecule has 0 unspecified atom stereocenters. The number of benzene rings is 1. The van der Waals surface area contributed by atoms with Crippen LogP contribution in [-0.2, 0) is 6.54 Å². The Bertz CT molecular complexity index is 497. The lowest BCUT2D eigenvalue weighted by atomic mass is 10.1. The largest absolute Gasteiger partial charge is 0.497 e. The quantitative estimate of drug-likeness (QED) is 0.873. The van der Waals surface area contributed by atoms with Crippen molar-refractivity contribution in [3.63, 3.8) is 0 Å². The highest BCUT2D eigenvalue weighted by Gasteiger charge is 2.01. The monoisotopic (exact) mass is 228 g/mol. The Kier molecular flexibility index (Phi) is 3.73. The van der Waals surface area contributed by atoms with Crippen LogP contribution in [0.4, 0.5) is 0 Å². The molecule has 0 atom stereocenters. The van der Waals surface area contributed by atoms with Gasteiger partial charge in [0.05, 0.1) is 12.8 Å². The van der Waals surface area contributed by atoms with E-state index in [0.29, 0.717) is 0 Å². The van der Waals surface area contributed by atoms with Crippen LogP contribution in [0, 0.1) is 0 Å². The fourth-order valence-electron chi connectivity index (χ4n) is 1.74. The number of rotatable bonds is 4. The molecule has 0 aliphatic carbocycles. The molecule has 0 amide bonds. The second kappa shape index (κ2) is 5.46. The van der Waals surface area contributed by atoms with E-state index < -0.39 is 0 Å². The molecule has 3 heteroatoms. The highest BCUT2D eigenvalue weighted by Crippen LogP contribution is 2.23. The van der Waals surface area contributed by atoms with Crippen LogP contribution < -0.4 is 10.1 Å². The third kappa shape index (κ3) is 2.82. The maximum absolute atomic E-state index is 5.23. The van der Waals surface area contributed by atoms with E-state index in [9.17, 15) is 0 Å². The number of nitrogens with zero attached hydrogens (tertiary/aromatic N) is 1. The van der Waals surface area contributed by atoms with E-state index in [-0.39, 0.29) is 0 Å². The van der Waals surface area contributed by atoms with Gasteiger partial charge in [-0.25, -0.2) is 0 Å². The second-order valence-corrected chi connectivity index (χ2v) is 3.80. The normalized spacial score (nSPS) is 10.2. The van der Waals surface area contributed by atoms with Crippen LogP contribution in [0.3, 0.4) is 0 Å². The summed E-state index contributed by atoms with van der Waals surface area (Å²) in [7, 11) is 3.60. The van der Waals surface area contributed by atoms with E-state index in [1.165, 1.54) is 0 Å². The van der Waals surface area contributed by atoms with Gasteiger partial charge >= 0.3 is 0 Å². The van der Waals surface area contributed by atoms with Crippen LogP contribution in [-0.4, -0.2) is 19.1 Å². The summed E-state index contributed by atoms with van der Waals surface area (Å²) in [5.41, 5.74) is 3.33. The number of methoxy groups -OCH3 is 1. The smallest absolute Gasteiger partial charge is 0.119 e. The summed E-state index contributed by atoms with van der Waals surface area (Å²) in [4.78, 5) is 4.30. The molecule has 0 aliphatic heterocycles. The Balaban J connectivity index is 2.34. The molecule has 0 fully saturated rings. The van der Waals surface area contributed by atoms with Gasteiger partial charge < -0.3 is 10.1 Å². The van der Waals surface area contributed by atoms with Crippen molar-refractivity contribution in [1.29, 1.82) is 0 Å². The van der Waals surface area contributed by atoms with E-state index in [0.717, 1.165) is 29.1 Å². The maximum atomic E-state index is 5.23. The van der Waals surface area contributed by atoms with Gasteiger partial charge in [0, 0.05) is 12.7 Å². The first-order chi connectivity index (χ1) is 8.33. The lowest BCUT2D eigenvalue weighted by Crippen LogP contribution is -2.06. The Morgan fingerprint density at radius 3 is 2.76 bits per heavy atom. The molecule has 2 aromatic rings. The van der Waals surface area contributed by atoms with Crippen LogP contribution in [0.25, 0.3) is 11.1 Å². The molecule has 1 heterocycles. The van der Waals surface area contributed by atoms with Crippen molar-refractivity contribution in [2.75, 3.05) is 14.2 Å². The van der Waals surface area contributed by atoms with Gasteiger partial charge in [0.25, 0.3) is 0 Å². The summed E-state index contributed by atoms with van der Waals surface area (Å²) in [6.45, 7) is 0.776. The molecular formula is C14H16N2O. The molecule has 1 N–H and O–H groups in total. The third-order valence-corrected chi connectivity index (χ3v) is 2.58. The van der Waals surface area contributed by atoms with Crippen LogP contribution in [0.1, 0.15) is 5.69 Å². The van der Waals surface area contributed by atoms with Crippen LogP contribution in [0.15, 0.2) is 42.6 Å². The standard InChI is InChI=1S/C14H16N2O/c1-15-10-13-8-12(6-7-16-13)11-4-3-5-14(9-11)17-2/h3-9,15H,10H2,1-2H3. The molecule has 17 heavy (non-hydrogen) atoms. The van der Waals surface area contributed by atoms with Crippen molar-refractivity contribution in [2.24, 2.45) is 0 Å². The summed E-state index contributed by atoms with van der Waals surface area (Å²) in [5, 5.41) is 3.10. The molecule has 2 rings (SSSR count). The van der Waals surface area contributed by atoms with E-state index in [2.05, 4.69) is 22.4 Å². The van der Waals surface area contributed by atoms with Gasteiger partial charge in [-0.2, -0.15) is 0 Å². The predicted molar refractivity (Wildman–Crippen MR) is 69.0 cm³/mol. The zero-order valence-corrected chi connectivity index (χ0v) is 10.1. The molecular weight excluding hydrogens is 212 g/mol. The first-order valence-corrected chi connectivity index (χ1v) is 5.57. The number of nitrogens with one attached hydrogen (secondary N) is 1. The first kappa shape index (κ1) is 11.6. The van der Waals surface area contributed by atoms with Crippen molar-refractivity contribution in [2.45, 2.75) is 6.54 Å². The number of pyridine rings is 1. The lowest BCUT2D eigenvalue weighted by Gasteiger charge is -2.06. The fourth-order valence-corrected chi connectivity index (χ4v) is 1.74. The molecule has 0 saturated carbocycles. The highest BCUT2D eigenvalue weighted by molar-refractivity contribution is 5.65.